The second-order valence-electron chi connectivity index (χ2n) is 6.83. The Balaban J connectivity index is 1.47. The SMILES string of the molecule is [C-]#[N+]C[C@H]1CN[C@@H](CONC(=O)[C@@H]2CC[C@@H]3CN2C(=O)N3OS(=O)(=O)O)C1. The zero-order chi connectivity index (χ0) is 19.6. The minimum atomic E-state index is -4.82. The molecule has 3 aliphatic rings. The summed E-state index contributed by atoms with van der Waals surface area (Å²) >= 11 is 0. The number of nitrogens with one attached hydrogen (secondary N) is 2. The molecule has 0 spiro atoms. The molecule has 2 bridgehead atoms. The molecule has 0 aromatic heterocycles. The van der Waals surface area contributed by atoms with Gasteiger partial charge in [-0.1, -0.05) is 0 Å². The first kappa shape index (κ1) is 19.8. The third-order valence-corrected chi connectivity index (χ3v) is 5.27. The first-order valence-electron chi connectivity index (χ1n) is 8.53. The highest BCUT2D eigenvalue weighted by molar-refractivity contribution is 7.80. The summed E-state index contributed by atoms with van der Waals surface area (Å²) in [6, 6.07) is -2.11. The third kappa shape index (κ3) is 4.66. The number of carbonyl (C=O) groups excluding carboxylic acids is 2. The van der Waals surface area contributed by atoms with Gasteiger partial charge in [-0.2, -0.15) is 13.5 Å². The largest absolute Gasteiger partial charge is 0.418 e. The number of rotatable bonds is 7. The number of hydroxylamine groups is 3. The Kier molecular flexibility index (Phi) is 5.82. The first-order valence-corrected chi connectivity index (χ1v) is 9.90. The topological polar surface area (TPSA) is 142 Å². The maximum absolute atomic E-state index is 12.3. The van der Waals surface area contributed by atoms with Crippen LogP contribution in [0.2, 0.25) is 0 Å². The van der Waals surface area contributed by atoms with Crippen LogP contribution in [0.4, 0.5) is 4.79 Å². The normalized spacial score (nSPS) is 30.4. The van der Waals surface area contributed by atoms with Crippen LogP contribution in [0, 0.1) is 12.5 Å². The third-order valence-electron chi connectivity index (χ3n) is 4.92. The van der Waals surface area contributed by atoms with Crippen LogP contribution in [0.3, 0.4) is 0 Å². The molecular weight excluding hydrogens is 382 g/mol. The minimum absolute atomic E-state index is 0.0415. The molecule has 0 radical (unpaired) electrons. The van der Waals surface area contributed by atoms with Gasteiger partial charge in [0.15, 0.2) is 0 Å². The smallest absolute Gasteiger partial charge is 0.317 e. The van der Waals surface area contributed by atoms with Crippen LogP contribution in [0.1, 0.15) is 19.3 Å². The van der Waals surface area contributed by atoms with E-state index in [4.69, 9.17) is 16.0 Å². The lowest BCUT2D eigenvalue weighted by Crippen LogP contribution is -2.50. The zero-order valence-electron chi connectivity index (χ0n) is 14.4. The van der Waals surface area contributed by atoms with Crippen LogP contribution in [0.15, 0.2) is 0 Å². The molecule has 0 aromatic rings. The van der Waals surface area contributed by atoms with Gasteiger partial charge in [0.2, 0.25) is 6.54 Å². The Labute approximate surface area is 156 Å². The average molecular weight is 403 g/mol. The van der Waals surface area contributed by atoms with Gasteiger partial charge in [0, 0.05) is 25.0 Å². The first-order chi connectivity index (χ1) is 12.8. The lowest BCUT2D eigenvalue weighted by atomic mass is 10.0. The maximum Gasteiger partial charge on any atom is 0.418 e. The lowest BCUT2D eigenvalue weighted by Gasteiger charge is -2.29. The average Bonchev–Trinajstić information content (AvgIpc) is 3.13. The summed E-state index contributed by atoms with van der Waals surface area (Å²) in [5.41, 5.74) is 2.33. The summed E-state index contributed by atoms with van der Waals surface area (Å²) < 4.78 is 34.8. The standard InChI is InChI=1S/C14H21N5O7S/c1-15-5-9-4-10(16-6-9)8-25-17-13(20)12-3-2-11-7-18(12)14(21)19(11)26-27(22,23)24/h9-12,16H,2-8H2,(H,17,20)(H,22,23,24)/t9-,10+,11+,12-/m0/s1. The fourth-order valence-electron chi connectivity index (χ4n) is 3.68. The van der Waals surface area contributed by atoms with E-state index >= 15 is 0 Å². The summed E-state index contributed by atoms with van der Waals surface area (Å²) in [6.45, 7) is 8.43. The molecule has 0 unspecified atom stereocenters. The highest BCUT2D eigenvalue weighted by atomic mass is 32.3. The van der Waals surface area contributed by atoms with E-state index in [1.54, 1.807) is 0 Å². The molecule has 3 rings (SSSR count). The van der Waals surface area contributed by atoms with Crippen molar-refractivity contribution in [3.63, 3.8) is 0 Å². The molecule has 0 saturated carbocycles. The van der Waals surface area contributed by atoms with E-state index in [1.807, 2.05) is 0 Å². The molecule has 13 heteroatoms. The molecule has 12 nitrogen and oxygen atoms in total. The number of nitrogens with zero attached hydrogens (tertiary/aromatic N) is 3. The lowest BCUT2D eigenvalue weighted by molar-refractivity contribution is -0.139. The summed E-state index contributed by atoms with van der Waals surface area (Å²) in [5, 5.41) is 3.80. The van der Waals surface area contributed by atoms with E-state index in [0.717, 1.165) is 13.0 Å². The highest BCUT2D eigenvalue weighted by Crippen LogP contribution is 2.30. The molecule has 3 saturated heterocycles. The van der Waals surface area contributed by atoms with Gasteiger partial charge in [-0.15, -0.1) is 4.28 Å². The number of carbonyl (C=O) groups is 2. The van der Waals surface area contributed by atoms with Crippen molar-refractivity contribution < 1.29 is 31.7 Å². The van der Waals surface area contributed by atoms with Gasteiger partial charge in [-0.3, -0.25) is 14.2 Å². The van der Waals surface area contributed by atoms with Gasteiger partial charge in [-0.25, -0.2) is 16.8 Å². The van der Waals surface area contributed by atoms with E-state index < -0.39 is 34.4 Å². The zero-order valence-corrected chi connectivity index (χ0v) is 15.2. The predicted octanol–water partition coefficient (Wildman–Crippen LogP) is -1.07. The van der Waals surface area contributed by atoms with Crippen molar-refractivity contribution in [2.24, 2.45) is 5.92 Å². The van der Waals surface area contributed by atoms with Crippen LogP contribution in [0.5, 0.6) is 0 Å². The van der Waals surface area contributed by atoms with Gasteiger partial charge >= 0.3 is 16.4 Å². The fraction of sp³-hybridized carbons (Fsp3) is 0.786. The Morgan fingerprint density at radius 3 is 2.93 bits per heavy atom. The second kappa shape index (κ2) is 7.95. The van der Waals surface area contributed by atoms with E-state index in [0.29, 0.717) is 24.4 Å². The van der Waals surface area contributed by atoms with Crippen LogP contribution >= 0.6 is 0 Å². The van der Waals surface area contributed by atoms with Gasteiger partial charge in [0.25, 0.3) is 5.91 Å². The molecule has 3 heterocycles. The Morgan fingerprint density at radius 2 is 2.22 bits per heavy atom. The van der Waals surface area contributed by atoms with Gasteiger partial charge in [-0.05, 0) is 19.3 Å². The van der Waals surface area contributed by atoms with Crippen molar-refractivity contribution in [1.29, 1.82) is 0 Å². The Bertz CT molecular complexity index is 739. The summed E-state index contributed by atoms with van der Waals surface area (Å²) in [5.74, 6) is -0.232. The van der Waals surface area contributed by atoms with Crippen LogP contribution in [0.25, 0.3) is 4.85 Å². The quantitative estimate of drug-likeness (QED) is 0.277. The van der Waals surface area contributed by atoms with Crippen molar-refractivity contribution in [3.8, 4) is 0 Å². The number of hydrogen-bond donors (Lipinski definition) is 3. The number of amides is 3. The minimum Gasteiger partial charge on any atom is -0.317 e. The molecule has 3 N–H and O–H groups in total. The molecule has 150 valence electrons. The van der Waals surface area contributed by atoms with Crippen LogP contribution in [-0.2, 0) is 24.3 Å². The van der Waals surface area contributed by atoms with Crippen molar-refractivity contribution >= 4 is 22.3 Å². The molecule has 27 heavy (non-hydrogen) atoms. The Hall–Kier alpha value is -1.98. The summed E-state index contributed by atoms with van der Waals surface area (Å²) in [6.07, 6.45) is 1.44. The van der Waals surface area contributed by atoms with E-state index in [-0.39, 0.29) is 25.1 Å². The maximum atomic E-state index is 12.3. The molecule has 3 amide bonds. The number of hydrogen-bond acceptors (Lipinski definition) is 7. The van der Waals surface area contributed by atoms with E-state index in [1.165, 1.54) is 4.90 Å². The Morgan fingerprint density at radius 1 is 1.44 bits per heavy atom. The number of piperidine rings is 1. The molecule has 0 aliphatic carbocycles. The monoisotopic (exact) mass is 403 g/mol. The van der Waals surface area contributed by atoms with Crippen LogP contribution in [-0.4, -0.2) is 79.2 Å². The van der Waals surface area contributed by atoms with E-state index in [9.17, 15) is 18.0 Å². The highest BCUT2D eigenvalue weighted by Gasteiger charge is 2.49. The fourth-order valence-corrected chi connectivity index (χ4v) is 4.07. The van der Waals surface area contributed by atoms with Gasteiger partial charge < -0.3 is 15.1 Å². The number of fused-ring (bicyclic) bond motifs is 2. The van der Waals surface area contributed by atoms with Crippen molar-refractivity contribution in [1.82, 2.24) is 20.8 Å². The van der Waals surface area contributed by atoms with Crippen molar-refractivity contribution in [2.75, 3.05) is 26.2 Å². The molecule has 0 aromatic carbocycles. The second-order valence-corrected chi connectivity index (χ2v) is 7.84. The van der Waals surface area contributed by atoms with Gasteiger partial charge in [0.05, 0.1) is 12.6 Å². The molecule has 3 fully saturated rings. The summed E-state index contributed by atoms with van der Waals surface area (Å²) in [7, 11) is -4.82. The van der Waals surface area contributed by atoms with Crippen LogP contribution < -0.4 is 10.8 Å². The van der Waals surface area contributed by atoms with E-state index in [2.05, 4.69) is 19.9 Å². The van der Waals surface area contributed by atoms with Gasteiger partial charge in [0.1, 0.15) is 6.04 Å². The summed E-state index contributed by atoms with van der Waals surface area (Å²) in [4.78, 5) is 34.4. The number of urea groups is 1. The van der Waals surface area contributed by atoms with Crippen molar-refractivity contribution in [3.05, 3.63) is 11.4 Å². The van der Waals surface area contributed by atoms with Crippen molar-refractivity contribution in [2.45, 2.75) is 37.4 Å². The molecule has 4 atom stereocenters. The molecular formula is C14H21N5O7S. The molecule has 3 aliphatic heterocycles. The predicted molar refractivity (Wildman–Crippen MR) is 88.8 cm³/mol.